The molecule has 0 aliphatic heterocycles. The first-order valence-electron chi connectivity index (χ1n) is 2.77. The summed E-state index contributed by atoms with van der Waals surface area (Å²) >= 11 is 0. The minimum atomic E-state index is -1.10. The van der Waals surface area contributed by atoms with Gasteiger partial charge in [-0.2, -0.15) is 0 Å². The summed E-state index contributed by atoms with van der Waals surface area (Å²) in [4.78, 5) is 20.5. The number of carbonyl (C=O) groups excluding carboxylic acids is 2. The summed E-state index contributed by atoms with van der Waals surface area (Å²) < 4.78 is 4.00. The molecule has 0 aliphatic carbocycles. The molecule has 4 nitrogen and oxygen atoms in total. The molecule has 0 aliphatic rings. The molecule has 0 atom stereocenters. The Bertz CT molecular complexity index is 174. The molecule has 0 spiro atoms. The van der Waals surface area contributed by atoms with E-state index < -0.39 is 12.1 Å². The van der Waals surface area contributed by atoms with Gasteiger partial charge in [0.1, 0.15) is 0 Å². The van der Waals surface area contributed by atoms with Crippen LogP contribution in [-0.4, -0.2) is 12.1 Å². The summed E-state index contributed by atoms with van der Waals surface area (Å²) in [6.45, 7) is 5.07. The number of hydrogen-bond donors (Lipinski definition) is 1. The zero-order valence-electron chi connectivity index (χ0n) is 5.72. The lowest BCUT2D eigenvalue weighted by Crippen LogP contribution is -2.19. The Morgan fingerprint density at radius 1 is 1.60 bits per heavy atom. The predicted molar refractivity (Wildman–Crippen MR) is 35.1 cm³/mol. The number of nitrogens with two attached hydrogens (primary N) is 1. The highest BCUT2D eigenvalue weighted by Gasteiger charge is 2.08. The molecule has 0 rings (SSSR count). The Labute approximate surface area is 58.7 Å². The first-order valence-corrected chi connectivity index (χ1v) is 2.77. The van der Waals surface area contributed by atoms with Crippen LogP contribution < -0.4 is 5.73 Å². The number of carbonyl (C=O) groups is 2. The fourth-order valence-electron chi connectivity index (χ4n) is 0.308. The lowest BCUT2D eigenvalue weighted by Gasteiger charge is -1.98. The van der Waals surface area contributed by atoms with E-state index in [0.717, 1.165) is 0 Å². The normalized spacial score (nSPS) is 8.50. The number of ether oxygens (including phenoxy) is 1. The van der Waals surface area contributed by atoms with E-state index in [1.807, 2.05) is 0 Å². The monoisotopic (exact) mass is 143 g/mol. The molecule has 0 aromatic carbocycles. The highest BCUT2D eigenvalue weighted by Crippen LogP contribution is 1.98. The zero-order valence-corrected chi connectivity index (χ0v) is 5.72. The number of rotatable bonds is 2. The van der Waals surface area contributed by atoms with Crippen molar-refractivity contribution in [3.63, 3.8) is 0 Å². The van der Waals surface area contributed by atoms with Gasteiger partial charge < -0.3 is 10.5 Å². The van der Waals surface area contributed by atoms with Crippen molar-refractivity contribution in [3.8, 4) is 0 Å². The third-order valence-electron chi connectivity index (χ3n) is 0.909. The van der Waals surface area contributed by atoms with Crippen LogP contribution in [0.15, 0.2) is 12.2 Å². The molecule has 0 bridgehead atoms. The predicted octanol–water partition coefficient (Wildman–Crippen LogP) is 0.575. The second-order valence-electron chi connectivity index (χ2n) is 1.67. The van der Waals surface area contributed by atoms with Crippen molar-refractivity contribution in [1.29, 1.82) is 0 Å². The number of amides is 1. The molecule has 0 unspecified atom stereocenters. The summed E-state index contributed by atoms with van der Waals surface area (Å²) in [7, 11) is 0. The van der Waals surface area contributed by atoms with E-state index in [1.165, 1.54) is 0 Å². The van der Waals surface area contributed by atoms with Crippen LogP contribution in [0, 0.1) is 0 Å². The van der Waals surface area contributed by atoms with Crippen molar-refractivity contribution >= 4 is 12.1 Å². The topological polar surface area (TPSA) is 69.4 Å². The van der Waals surface area contributed by atoms with Gasteiger partial charge in [0.15, 0.2) is 0 Å². The number of primary amides is 1. The minimum Gasteiger partial charge on any atom is -0.373 e. The Hall–Kier alpha value is -1.32. The SMILES string of the molecule is C=C(CC)C(=O)OC(N)=O. The standard InChI is InChI=1S/C6H9NO3/c1-3-4(2)5(8)10-6(7)9/h2-3H2,1H3,(H2,7,9). The average molecular weight is 143 g/mol. The molecule has 0 aromatic rings. The quantitative estimate of drug-likeness (QED) is 0.349. The second kappa shape index (κ2) is 3.66. The molecule has 4 heteroatoms. The zero-order chi connectivity index (χ0) is 8.15. The van der Waals surface area contributed by atoms with Crippen LogP contribution in [0.2, 0.25) is 0 Å². The van der Waals surface area contributed by atoms with E-state index in [-0.39, 0.29) is 5.57 Å². The van der Waals surface area contributed by atoms with Crippen molar-refractivity contribution in [3.05, 3.63) is 12.2 Å². The van der Waals surface area contributed by atoms with E-state index in [0.29, 0.717) is 6.42 Å². The van der Waals surface area contributed by atoms with Crippen molar-refractivity contribution in [1.82, 2.24) is 0 Å². The first-order chi connectivity index (χ1) is 4.57. The molecule has 0 saturated heterocycles. The Kier molecular flexibility index (Phi) is 3.17. The third-order valence-corrected chi connectivity index (χ3v) is 0.909. The van der Waals surface area contributed by atoms with E-state index >= 15 is 0 Å². The van der Waals surface area contributed by atoms with Gasteiger partial charge in [-0.25, -0.2) is 9.59 Å². The van der Waals surface area contributed by atoms with Gasteiger partial charge in [-0.15, -0.1) is 0 Å². The molecule has 0 aromatic heterocycles. The lowest BCUT2D eigenvalue weighted by molar-refractivity contribution is -0.132. The van der Waals surface area contributed by atoms with Gasteiger partial charge in [-0.1, -0.05) is 13.5 Å². The van der Waals surface area contributed by atoms with Crippen LogP contribution in [0.25, 0.3) is 0 Å². The summed E-state index contributed by atoms with van der Waals surface area (Å²) in [6.07, 6.45) is -0.647. The van der Waals surface area contributed by atoms with Crippen LogP contribution in [0.4, 0.5) is 4.79 Å². The fraction of sp³-hybridized carbons (Fsp3) is 0.333. The molecule has 0 radical (unpaired) electrons. The largest absolute Gasteiger partial charge is 0.412 e. The molecule has 56 valence electrons. The van der Waals surface area contributed by atoms with Gasteiger partial charge in [0.2, 0.25) is 0 Å². The Morgan fingerprint density at radius 3 is 2.40 bits per heavy atom. The maximum atomic E-state index is 10.6. The van der Waals surface area contributed by atoms with E-state index in [1.54, 1.807) is 6.92 Å². The van der Waals surface area contributed by atoms with E-state index in [4.69, 9.17) is 0 Å². The van der Waals surface area contributed by atoms with Gasteiger partial charge in [0.25, 0.3) is 0 Å². The third kappa shape index (κ3) is 2.86. The van der Waals surface area contributed by atoms with Crippen molar-refractivity contribution < 1.29 is 14.3 Å². The highest BCUT2D eigenvalue weighted by atomic mass is 16.6. The van der Waals surface area contributed by atoms with Crippen LogP contribution in [0.1, 0.15) is 13.3 Å². The highest BCUT2D eigenvalue weighted by molar-refractivity contribution is 5.94. The van der Waals surface area contributed by atoms with Crippen molar-refractivity contribution in [2.45, 2.75) is 13.3 Å². The minimum absolute atomic E-state index is 0.235. The van der Waals surface area contributed by atoms with Crippen LogP contribution >= 0.6 is 0 Å². The molecule has 2 N–H and O–H groups in total. The van der Waals surface area contributed by atoms with Crippen LogP contribution in [0.5, 0.6) is 0 Å². The van der Waals surface area contributed by atoms with Crippen molar-refractivity contribution in [2.24, 2.45) is 5.73 Å². The molecule has 0 saturated carbocycles. The fourth-order valence-corrected chi connectivity index (χ4v) is 0.308. The van der Waals surface area contributed by atoms with E-state index in [9.17, 15) is 9.59 Å². The summed E-state index contributed by atoms with van der Waals surface area (Å²) in [5, 5.41) is 0. The van der Waals surface area contributed by atoms with Gasteiger partial charge in [0.05, 0.1) is 0 Å². The maximum Gasteiger partial charge on any atom is 0.412 e. The molecular formula is C6H9NO3. The average Bonchev–Trinajstić information content (AvgIpc) is 1.85. The maximum absolute atomic E-state index is 10.6. The van der Waals surface area contributed by atoms with Gasteiger partial charge in [-0.3, -0.25) is 0 Å². The Morgan fingerprint density at radius 2 is 2.10 bits per heavy atom. The van der Waals surface area contributed by atoms with Gasteiger partial charge in [-0.05, 0) is 6.42 Å². The van der Waals surface area contributed by atoms with E-state index in [2.05, 4.69) is 17.0 Å². The molecule has 0 fully saturated rings. The molecule has 10 heavy (non-hydrogen) atoms. The molecular weight excluding hydrogens is 134 g/mol. The smallest absolute Gasteiger partial charge is 0.373 e. The Balaban J connectivity index is 3.86. The second-order valence-corrected chi connectivity index (χ2v) is 1.67. The summed E-state index contributed by atoms with van der Waals surface area (Å²) in [5.74, 6) is -0.755. The van der Waals surface area contributed by atoms with Gasteiger partial charge in [0, 0.05) is 5.57 Å². The number of hydrogen-bond acceptors (Lipinski definition) is 3. The van der Waals surface area contributed by atoms with Gasteiger partial charge >= 0.3 is 12.1 Å². The summed E-state index contributed by atoms with van der Waals surface area (Å²) in [5.41, 5.74) is 4.80. The summed E-state index contributed by atoms with van der Waals surface area (Å²) in [6, 6.07) is 0. The van der Waals surface area contributed by atoms with Crippen LogP contribution in [-0.2, 0) is 9.53 Å². The number of esters is 1. The lowest BCUT2D eigenvalue weighted by atomic mass is 10.2. The molecule has 1 amide bonds. The first kappa shape index (κ1) is 8.68. The van der Waals surface area contributed by atoms with Crippen LogP contribution in [0.3, 0.4) is 0 Å². The molecule has 0 heterocycles. The van der Waals surface area contributed by atoms with Crippen molar-refractivity contribution in [2.75, 3.05) is 0 Å².